The number of amides is 2. The fraction of sp³-hybridized carbons (Fsp3) is 0.154. The quantitative estimate of drug-likeness (QED) is 0.492. The van der Waals surface area contributed by atoms with Crippen molar-refractivity contribution in [3.05, 3.63) is 83.8 Å². The van der Waals surface area contributed by atoms with Crippen molar-refractivity contribution in [3.63, 3.8) is 0 Å². The fourth-order valence-electron chi connectivity index (χ4n) is 3.70. The minimum atomic E-state index is -0.557. The standard InChI is InChI=1S/C26H23FN2O5/c1-4-34-20-7-5-6-18(14-20)28-24-23(16-8-10-17(27)11-9-16)25(30)29(26(24)31)19-12-13-21(32-2)22(15-19)33-3/h5-15,28H,4H2,1-3H3. The van der Waals surface area contributed by atoms with Crippen molar-refractivity contribution < 1.29 is 28.2 Å². The number of ether oxygens (including phenoxy) is 3. The van der Waals surface area contributed by atoms with Crippen LogP contribution in [0.25, 0.3) is 5.57 Å². The van der Waals surface area contributed by atoms with Crippen LogP contribution in [-0.2, 0) is 9.59 Å². The molecule has 34 heavy (non-hydrogen) atoms. The third kappa shape index (κ3) is 4.30. The average molecular weight is 462 g/mol. The molecule has 8 heteroatoms. The van der Waals surface area contributed by atoms with Crippen molar-refractivity contribution in [2.75, 3.05) is 31.0 Å². The summed E-state index contributed by atoms with van der Waals surface area (Å²) in [6, 6.07) is 17.2. The zero-order chi connectivity index (χ0) is 24.2. The van der Waals surface area contributed by atoms with E-state index < -0.39 is 17.6 Å². The highest BCUT2D eigenvalue weighted by atomic mass is 19.1. The molecule has 0 atom stereocenters. The lowest BCUT2D eigenvalue weighted by atomic mass is 10.0. The highest BCUT2D eigenvalue weighted by Gasteiger charge is 2.40. The monoisotopic (exact) mass is 462 g/mol. The van der Waals surface area contributed by atoms with Gasteiger partial charge in [-0.3, -0.25) is 9.59 Å². The van der Waals surface area contributed by atoms with Gasteiger partial charge in [-0.15, -0.1) is 0 Å². The summed E-state index contributed by atoms with van der Waals surface area (Å²) >= 11 is 0. The van der Waals surface area contributed by atoms with Crippen LogP contribution in [0.5, 0.6) is 17.2 Å². The molecule has 0 bridgehead atoms. The number of hydrogen-bond donors (Lipinski definition) is 1. The van der Waals surface area contributed by atoms with Crippen molar-refractivity contribution in [2.45, 2.75) is 6.92 Å². The third-order valence-corrected chi connectivity index (χ3v) is 5.26. The predicted molar refractivity (Wildman–Crippen MR) is 127 cm³/mol. The fourth-order valence-corrected chi connectivity index (χ4v) is 3.70. The summed E-state index contributed by atoms with van der Waals surface area (Å²) in [5, 5.41) is 3.07. The van der Waals surface area contributed by atoms with E-state index in [-0.39, 0.29) is 11.3 Å². The number of imide groups is 1. The minimum absolute atomic E-state index is 0.0695. The van der Waals surface area contributed by atoms with Gasteiger partial charge in [0.05, 0.1) is 32.1 Å². The Bertz CT molecular complexity index is 1270. The van der Waals surface area contributed by atoms with Gasteiger partial charge >= 0.3 is 0 Å². The molecule has 174 valence electrons. The molecule has 0 unspecified atom stereocenters. The Kier molecular flexibility index (Phi) is 6.49. The molecule has 1 aliphatic heterocycles. The Balaban J connectivity index is 1.79. The van der Waals surface area contributed by atoms with Crippen molar-refractivity contribution in [3.8, 4) is 17.2 Å². The maximum Gasteiger partial charge on any atom is 0.282 e. The van der Waals surface area contributed by atoms with Crippen LogP contribution in [0.1, 0.15) is 12.5 Å². The van der Waals surface area contributed by atoms with Crippen LogP contribution < -0.4 is 24.4 Å². The third-order valence-electron chi connectivity index (χ3n) is 5.26. The second-order valence-corrected chi connectivity index (χ2v) is 7.33. The van der Waals surface area contributed by atoms with E-state index in [1.165, 1.54) is 38.5 Å². The van der Waals surface area contributed by atoms with Gasteiger partial charge in [0.25, 0.3) is 11.8 Å². The normalized spacial score (nSPS) is 13.4. The molecule has 1 N–H and O–H groups in total. The largest absolute Gasteiger partial charge is 0.494 e. The number of benzene rings is 3. The van der Waals surface area contributed by atoms with Gasteiger partial charge in [-0.05, 0) is 48.9 Å². The minimum Gasteiger partial charge on any atom is -0.494 e. The summed E-state index contributed by atoms with van der Waals surface area (Å²) in [5.41, 5.74) is 1.48. The Morgan fingerprint density at radius 1 is 0.882 bits per heavy atom. The van der Waals surface area contributed by atoms with E-state index in [1.807, 2.05) is 6.92 Å². The summed E-state index contributed by atoms with van der Waals surface area (Å²) in [7, 11) is 2.96. The van der Waals surface area contributed by atoms with Crippen LogP contribution in [-0.4, -0.2) is 32.6 Å². The number of carbonyl (C=O) groups is 2. The first-order valence-electron chi connectivity index (χ1n) is 10.6. The van der Waals surface area contributed by atoms with Gasteiger partial charge in [-0.1, -0.05) is 18.2 Å². The van der Waals surface area contributed by atoms with Crippen molar-refractivity contribution in [2.24, 2.45) is 0 Å². The van der Waals surface area contributed by atoms with E-state index in [1.54, 1.807) is 42.5 Å². The lowest BCUT2D eigenvalue weighted by molar-refractivity contribution is -0.120. The number of hydrogen-bond acceptors (Lipinski definition) is 6. The molecular formula is C26H23FN2O5. The maximum absolute atomic E-state index is 13.6. The Morgan fingerprint density at radius 2 is 1.62 bits per heavy atom. The first-order chi connectivity index (χ1) is 16.5. The van der Waals surface area contributed by atoms with E-state index in [0.29, 0.717) is 40.8 Å². The van der Waals surface area contributed by atoms with Gasteiger partial charge in [0.1, 0.15) is 17.3 Å². The summed E-state index contributed by atoms with van der Waals surface area (Å²) in [4.78, 5) is 28.1. The number of carbonyl (C=O) groups excluding carboxylic acids is 2. The number of anilines is 2. The van der Waals surface area contributed by atoms with Gasteiger partial charge in [0.2, 0.25) is 0 Å². The smallest absolute Gasteiger partial charge is 0.282 e. The molecule has 3 aromatic rings. The number of methoxy groups -OCH3 is 2. The van der Waals surface area contributed by atoms with E-state index >= 15 is 0 Å². The average Bonchev–Trinajstić information content (AvgIpc) is 3.08. The van der Waals surface area contributed by atoms with Crippen LogP contribution in [0.4, 0.5) is 15.8 Å². The highest BCUT2D eigenvalue weighted by Crippen LogP contribution is 2.38. The van der Waals surface area contributed by atoms with Gasteiger partial charge in [0, 0.05) is 17.8 Å². The molecule has 1 heterocycles. The van der Waals surface area contributed by atoms with Crippen LogP contribution in [0, 0.1) is 5.82 Å². The molecule has 1 aliphatic rings. The molecule has 0 spiro atoms. The molecule has 3 aromatic carbocycles. The summed E-state index contributed by atoms with van der Waals surface area (Å²) in [6.07, 6.45) is 0. The van der Waals surface area contributed by atoms with Crippen LogP contribution >= 0.6 is 0 Å². The summed E-state index contributed by atoms with van der Waals surface area (Å²) in [6.45, 7) is 2.35. The highest BCUT2D eigenvalue weighted by molar-refractivity contribution is 6.46. The predicted octanol–water partition coefficient (Wildman–Crippen LogP) is 4.64. The molecule has 0 saturated carbocycles. The number of nitrogens with zero attached hydrogens (tertiary/aromatic N) is 1. The number of rotatable bonds is 8. The Morgan fingerprint density at radius 3 is 2.29 bits per heavy atom. The lowest BCUT2D eigenvalue weighted by Crippen LogP contribution is -2.32. The van der Waals surface area contributed by atoms with E-state index in [2.05, 4.69) is 5.32 Å². The molecule has 4 rings (SSSR count). The van der Waals surface area contributed by atoms with Crippen LogP contribution in [0.2, 0.25) is 0 Å². The molecular weight excluding hydrogens is 439 g/mol. The zero-order valence-corrected chi connectivity index (χ0v) is 18.9. The topological polar surface area (TPSA) is 77.1 Å². The zero-order valence-electron chi connectivity index (χ0n) is 18.9. The lowest BCUT2D eigenvalue weighted by Gasteiger charge is -2.17. The number of nitrogens with one attached hydrogen (secondary N) is 1. The van der Waals surface area contributed by atoms with Crippen LogP contribution in [0.15, 0.2) is 72.4 Å². The van der Waals surface area contributed by atoms with Gasteiger partial charge < -0.3 is 19.5 Å². The summed E-state index contributed by atoms with van der Waals surface area (Å²) < 4.78 is 29.7. The second kappa shape index (κ2) is 9.66. The van der Waals surface area contributed by atoms with Crippen molar-refractivity contribution in [1.82, 2.24) is 0 Å². The molecule has 0 fully saturated rings. The summed E-state index contributed by atoms with van der Waals surface area (Å²) in [5.74, 6) is -0.106. The first kappa shape index (κ1) is 22.8. The Hall–Kier alpha value is -4.33. The van der Waals surface area contributed by atoms with Gasteiger partial charge in [-0.25, -0.2) is 9.29 Å². The van der Waals surface area contributed by atoms with Crippen molar-refractivity contribution in [1.29, 1.82) is 0 Å². The number of halogens is 1. The Labute approximate surface area is 196 Å². The molecule has 0 aliphatic carbocycles. The molecule has 0 aromatic heterocycles. The van der Waals surface area contributed by atoms with Crippen molar-refractivity contribution >= 4 is 28.8 Å². The molecule has 2 amide bonds. The van der Waals surface area contributed by atoms with E-state index in [9.17, 15) is 14.0 Å². The van der Waals surface area contributed by atoms with Crippen LogP contribution in [0.3, 0.4) is 0 Å². The SMILES string of the molecule is CCOc1cccc(NC2=C(c3ccc(F)cc3)C(=O)N(c3ccc(OC)c(OC)c3)C2=O)c1. The van der Waals surface area contributed by atoms with E-state index in [4.69, 9.17) is 14.2 Å². The molecule has 0 saturated heterocycles. The second-order valence-electron chi connectivity index (χ2n) is 7.33. The van der Waals surface area contributed by atoms with E-state index in [0.717, 1.165) is 4.90 Å². The van der Waals surface area contributed by atoms with Gasteiger partial charge in [0.15, 0.2) is 11.5 Å². The molecule has 7 nitrogen and oxygen atoms in total. The van der Waals surface area contributed by atoms with Gasteiger partial charge in [-0.2, -0.15) is 0 Å². The molecule has 0 radical (unpaired) electrons. The first-order valence-corrected chi connectivity index (χ1v) is 10.6. The maximum atomic E-state index is 13.6.